The number of carbonyl (C=O) groups excluding carboxylic acids is 3. The van der Waals surface area contributed by atoms with Crippen LogP contribution >= 0.6 is 31.9 Å². The van der Waals surface area contributed by atoms with Crippen LogP contribution in [0.2, 0.25) is 0 Å². The normalized spacial score (nSPS) is 10.7. The summed E-state index contributed by atoms with van der Waals surface area (Å²) in [6.07, 6.45) is 1.39. The van der Waals surface area contributed by atoms with Crippen LogP contribution in [0.4, 0.5) is 5.69 Å². The standard InChI is InChI=1S/C29H21Br2N3O4/c1-18-4-2-6-21(14-18)29(37)38-26-13-12-24(31)15-22(26)17-32-34-28(36)20-5-3-7-25(16-20)33-27(35)19-8-10-23(30)11-9-19/h2-17H,1H3,(H,33,35)(H,34,36). The summed E-state index contributed by atoms with van der Waals surface area (Å²) in [7, 11) is 0. The van der Waals surface area contributed by atoms with Crippen molar-refractivity contribution < 1.29 is 19.1 Å². The molecule has 0 aliphatic heterocycles. The predicted molar refractivity (Wildman–Crippen MR) is 154 cm³/mol. The van der Waals surface area contributed by atoms with Crippen molar-refractivity contribution in [3.8, 4) is 5.75 Å². The van der Waals surface area contributed by atoms with Crippen molar-refractivity contribution in [1.82, 2.24) is 5.43 Å². The number of ether oxygens (including phenoxy) is 1. The van der Waals surface area contributed by atoms with Crippen molar-refractivity contribution in [2.45, 2.75) is 6.92 Å². The molecule has 4 rings (SSSR count). The molecule has 0 aliphatic rings. The number of rotatable bonds is 7. The van der Waals surface area contributed by atoms with Crippen LogP contribution in [0.1, 0.15) is 42.2 Å². The fraction of sp³-hybridized carbons (Fsp3) is 0.0345. The Labute approximate surface area is 236 Å². The van der Waals surface area contributed by atoms with Crippen LogP contribution in [0, 0.1) is 6.92 Å². The predicted octanol–water partition coefficient (Wildman–Crippen LogP) is 6.76. The molecule has 4 aromatic rings. The van der Waals surface area contributed by atoms with Gasteiger partial charge in [-0.3, -0.25) is 9.59 Å². The van der Waals surface area contributed by atoms with Crippen LogP contribution in [0.3, 0.4) is 0 Å². The minimum absolute atomic E-state index is 0.287. The maximum atomic E-state index is 12.7. The van der Waals surface area contributed by atoms with Gasteiger partial charge < -0.3 is 10.1 Å². The van der Waals surface area contributed by atoms with Crippen molar-refractivity contribution >= 4 is 61.5 Å². The molecule has 7 nitrogen and oxygen atoms in total. The van der Waals surface area contributed by atoms with E-state index in [9.17, 15) is 14.4 Å². The van der Waals surface area contributed by atoms with Gasteiger partial charge >= 0.3 is 5.97 Å². The summed E-state index contributed by atoms with van der Waals surface area (Å²) >= 11 is 6.74. The van der Waals surface area contributed by atoms with E-state index in [4.69, 9.17) is 4.74 Å². The summed E-state index contributed by atoms with van der Waals surface area (Å²) in [5, 5.41) is 6.81. The number of benzene rings is 4. The molecule has 0 saturated heterocycles. The number of anilines is 1. The van der Waals surface area contributed by atoms with Crippen molar-refractivity contribution in [1.29, 1.82) is 0 Å². The largest absolute Gasteiger partial charge is 0.422 e. The number of hydrogen-bond donors (Lipinski definition) is 2. The number of nitrogens with one attached hydrogen (secondary N) is 2. The van der Waals surface area contributed by atoms with Crippen molar-refractivity contribution in [3.63, 3.8) is 0 Å². The zero-order valence-electron chi connectivity index (χ0n) is 20.1. The second kappa shape index (κ2) is 12.4. The number of halogens is 2. The first-order valence-corrected chi connectivity index (χ1v) is 13.0. The smallest absolute Gasteiger partial charge is 0.343 e. The van der Waals surface area contributed by atoms with E-state index in [0.717, 1.165) is 14.5 Å². The van der Waals surface area contributed by atoms with E-state index in [2.05, 4.69) is 47.7 Å². The van der Waals surface area contributed by atoms with Crippen molar-refractivity contribution in [2.24, 2.45) is 5.10 Å². The van der Waals surface area contributed by atoms with Crippen LogP contribution in [-0.2, 0) is 0 Å². The number of aryl methyl sites for hydroxylation is 1. The molecular formula is C29H21Br2N3O4. The molecule has 0 bridgehead atoms. The van der Waals surface area contributed by atoms with Crippen molar-refractivity contribution in [2.75, 3.05) is 5.32 Å². The molecule has 4 aromatic carbocycles. The van der Waals surface area contributed by atoms with Gasteiger partial charge in [-0.15, -0.1) is 0 Å². The molecular weight excluding hydrogens is 614 g/mol. The Morgan fingerprint density at radius 1 is 0.763 bits per heavy atom. The number of hydrogen-bond acceptors (Lipinski definition) is 5. The molecule has 0 unspecified atom stereocenters. The molecule has 0 atom stereocenters. The van der Waals surface area contributed by atoms with Gasteiger partial charge in [0, 0.05) is 31.3 Å². The van der Waals surface area contributed by atoms with Gasteiger partial charge in [0.25, 0.3) is 11.8 Å². The zero-order valence-corrected chi connectivity index (χ0v) is 23.2. The Hall–Kier alpha value is -4.08. The van der Waals surface area contributed by atoms with E-state index in [1.165, 1.54) is 6.21 Å². The molecule has 0 heterocycles. The monoisotopic (exact) mass is 633 g/mol. The van der Waals surface area contributed by atoms with Crippen LogP contribution < -0.4 is 15.5 Å². The van der Waals surface area contributed by atoms with Gasteiger partial charge in [-0.1, -0.05) is 55.6 Å². The summed E-state index contributed by atoms with van der Waals surface area (Å²) in [5.41, 5.74) is 5.57. The SMILES string of the molecule is Cc1cccc(C(=O)Oc2ccc(Br)cc2C=NNC(=O)c2cccc(NC(=O)c3ccc(Br)cc3)c2)c1. The van der Waals surface area contributed by atoms with E-state index < -0.39 is 11.9 Å². The highest BCUT2D eigenvalue weighted by Crippen LogP contribution is 2.23. The summed E-state index contributed by atoms with van der Waals surface area (Å²) < 4.78 is 7.19. The minimum Gasteiger partial charge on any atom is -0.422 e. The fourth-order valence-electron chi connectivity index (χ4n) is 3.41. The molecule has 0 radical (unpaired) electrons. The summed E-state index contributed by atoms with van der Waals surface area (Å²) in [5.74, 6) is -0.989. The van der Waals surface area contributed by atoms with Gasteiger partial charge in [-0.25, -0.2) is 10.2 Å². The number of carbonyl (C=O) groups is 3. The van der Waals surface area contributed by atoms with Gasteiger partial charge in [-0.2, -0.15) is 5.10 Å². The van der Waals surface area contributed by atoms with Crippen LogP contribution in [0.15, 0.2) is 105 Å². The molecule has 0 aliphatic carbocycles. The second-order valence-corrected chi connectivity index (χ2v) is 10.0. The van der Waals surface area contributed by atoms with E-state index in [0.29, 0.717) is 27.9 Å². The summed E-state index contributed by atoms with van der Waals surface area (Å²) in [4.78, 5) is 37.8. The Morgan fingerprint density at radius 2 is 1.47 bits per heavy atom. The number of esters is 1. The van der Waals surface area contributed by atoms with E-state index in [1.807, 2.05) is 13.0 Å². The highest BCUT2D eigenvalue weighted by Gasteiger charge is 2.13. The van der Waals surface area contributed by atoms with Gasteiger partial charge in [0.05, 0.1) is 11.8 Å². The lowest BCUT2D eigenvalue weighted by Gasteiger charge is -2.09. The van der Waals surface area contributed by atoms with Crippen molar-refractivity contribution in [3.05, 3.63) is 128 Å². The number of nitrogens with zero attached hydrogens (tertiary/aromatic N) is 1. The molecule has 0 saturated carbocycles. The van der Waals surface area contributed by atoms with Gasteiger partial charge in [0.2, 0.25) is 0 Å². The van der Waals surface area contributed by atoms with Gasteiger partial charge in [-0.05, 0) is 79.7 Å². The maximum absolute atomic E-state index is 12.7. The van der Waals surface area contributed by atoms with E-state index in [-0.39, 0.29) is 11.7 Å². The second-order valence-electron chi connectivity index (χ2n) is 8.18. The van der Waals surface area contributed by atoms with Crippen LogP contribution in [0.25, 0.3) is 0 Å². The van der Waals surface area contributed by atoms with Crippen LogP contribution in [0.5, 0.6) is 5.75 Å². The number of amides is 2. The quantitative estimate of drug-likeness (QED) is 0.102. The van der Waals surface area contributed by atoms with Gasteiger partial charge in [0.1, 0.15) is 5.75 Å². The fourth-order valence-corrected chi connectivity index (χ4v) is 4.05. The Morgan fingerprint density at radius 3 is 2.24 bits per heavy atom. The lowest BCUT2D eigenvalue weighted by Crippen LogP contribution is -2.18. The lowest BCUT2D eigenvalue weighted by molar-refractivity contribution is 0.0733. The highest BCUT2D eigenvalue weighted by atomic mass is 79.9. The van der Waals surface area contributed by atoms with E-state index >= 15 is 0 Å². The molecule has 0 fully saturated rings. The third kappa shape index (κ3) is 7.24. The molecule has 2 amide bonds. The van der Waals surface area contributed by atoms with Gasteiger partial charge in [0.15, 0.2) is 0 Å². The summed E-state index contributed by atoms with van der Waals surface area (Å²) in [6, 6.07) is 25.6. The Balaban J connectivity index is 1.43. The summed E-state index contributed by atoms with van der Waals surface area (Å²) in [6.45, 7) is 1.89. The third-order valence-electron chi connectivity index (χ3n) is 5.29. The van der Waals surface area contributed by atoms with Crippen LogP contribution in [-0.4, -0.2) is 24.0 Å². The molecule has 190 valence electrons. The zero-order chi connectivity index (χ0) is 27.1. The molecule has 9 heteroatoms. The third-order valence-corrected chi connectivity index (χ3v) is 6.31. The molecule has 0 spiro atoms. The molecule has 38 heavy (non-hydrogen) atoms. The molecule has 0 aromatic heterocycles. The van der Waals surface area contributed by atoms with E-state index in [1.54, 1.807) is 84.9 Å². The number of hydrazone groups is 1. The first-order valence-electron chi connectivity index (χ1n) is 11.4. The topological polar surface area (TPSA) is 96.9 Å². The average Bonchev–Trinajstić information content (AvgIpc) is 2.90. The highest BCUT2D eigenvalue weighted by molar-refractivity contribution is 9.10. The Bertz CT molecular complexity index is 1540. The lowest BCUT2D eigenvalue weighted by atomic mass is 10.1. The first-order chi connectivity index (χ1) is 18.3. The first kappa shape index (κ1) is 27.0. The maximum Gasteiger partial charge on any atom is 0.343 e. The average molecular weight is 635 g/mol. The Kier molecular flexibility index (Phi) is 8.83. The molecule has 2 N–H and O–H groups in total. The minimum atomic E-state index is -0.503.